The highest BCUT2D eigenvalue weighted by molar-refractivity contribution is 6.34. The van der Waals surface area contributed by atoms with E-state index in [-0.39, 0.29) is 6.61 Å². The number of hydrogen-bond acceptors (Lipinski definition) is 7. The van der Waals surface area contributed by atoms with E-state index in [9.17, 15) is 4.39 Å². The minimum Gasteiger partial charge on any atom is -0.475 e. The lowest BCUT2D eigenvalue weighted by molar-refractivity contribution is 0.00304. The molecule has 5 heterocycles. The van der Waals surface area contributed by atoms with Gasteiger partial charge < -0.3 is 14.8 Å². The van der Waals surface area contributed by atoms with Gasteiger partial charge in [-0.25, -0.2) is 14.1 Å². The van der Waals surface area contributed by atoms with Gasteiger partial charge in [0.1, 0.15) is 17.9 Å². The van der Waals surface area contributed by atoms with Crippen molar-refractivity contribution < 1.29 is 13.9 Å². The van der Waals surface area contributed by atoms with Crippen molar-refractivity contribution in [1.82, 2.24) is 29.5 Å². The van der Waals surface area contributed by atoms with Crippen molar-refractivity contribution >= 4 is 34.3 Å². The molecule has 1 fully saturated rings. The molecule has 0 saturated carbocycles. The number of nitrogens with one attached hydrogen (secondary N) is 1. The fraction of sp³-hybridized carbons (Fsp3) is 0.500. The molecule has 1 saturated heterocycles. The van der Waals surface area contributed by atoms with Crippen LogP contribution in [0.4, 0.5) is 16.0 Å². The van der Waals surface area contributed by atoms with Crippen LogP contribution in [-0.4, -0.2) is 55.5 Å². The van der Waals surface area contributed by atoms with Gasteiger partial charge in [0, 0.05) is 32.2 Å². The number of rotatable bonds is 1. The fourth-order valence-electron chi connectivity index (χ4n) is 3.32. The van der Waals surface area contributed by atoms with Crippen LogP contribution in [0.25, 0.3) is 11.0 Å². The maximum absolute atomic E-state index is 14.3. The number of aromatic nitrogens is 6. The van der Waals surface area contributed by atoms with E-state index in [1.165, 1.54) is 0 Å². The molecule has 0 radical (unpaired) electrons. The quantitative estimate of drug-likeness (QED) is 0.679. The van der Waals surface area contributed by atoms with Crippen LogP contribution in [-0.2, 0) is 11.3 Å². The predicted octanol–water partition coefficient (Wildman–Crippen LogP) is 2.50. The van der Waals surface area contributed by atoms with Crippen LogP contribution in [0.3, 0.4) is 0 Å². The third kappa shape index (κ3) is 2.98. The summed E-state index contributed by atoms with van der Waals surface area (Å²) in [5.41, 5.74) is 1.23. The largest absolute Gasteiger partial charge is 0.475 e. The zero-order valence-corrected chi connectivity index (χ0v) is 15.1. The van der Waals surface area contributed by atoms with Crippen molar-refractivity contribution in [2.75, 3.05) is 25.1 Å². The summed E-state index contributed by atoms with van der Waals surface area (Å²) < 4.78 is 28.8. The van der Waals surface area contributed by atoms with Crippen molar-refractivity contribution in [2.24, 2.45) is 0 Å². The molecule has 142 valence electrons. The third-order valence-electron chi connectivity index (χ3n) is 4.73. The van der Waals surface area contributed by atoms with Crippen LogP contribution >= 0.6 is 11.6 Å². The summed E-state index contributed by atoms with van der Waals surface area (Å²) in [6.07, 6.45) is 3.37. The summed E-state index contributed by atoms with van der Waals surface area (Å²) in [6.45, 7) is 1.73. The molecule has 2 aliphatic rings. The number of ether oxygens (including phenoxy) is 2. The second-order valence-electron chi connectivity index (χ2n) is 6.55. The zero-order chi connectivity index (χ0) is 18.4. The van der Waals surface area contributed by atoms with E-state index >= 15 is 0 Å². The van der Waals surface area contributed by atoms with Gasteiger partial charge in [0.15, 0.2) is 10.8 Å². The van der Waals surface area contributed by atoms with E-state index in [1.54, 1.807) is 21.8 Å². The summed E-state index contributed by atoms with van der Waals surface area (Å²) in [7, 11) is 0. The molecule has 2 aliphatic heterocycles. The first-order valence-electron chi connectivity index (χ1n) is 8.79. The average molecular weight is 394 g/mol. The van der Waals surface area contributed by atoms with Gasteiger partial charge in [-0.2, -0.15) is 10.1 Å². The second-order valence-corrected chi connectivity index (χ2v) is 6.90. The zero-order valence-electron chi connectivity index (χ0n) is 14.3. The molecule has 11 heteroatoms. The molecule has 27 heavy (non-hydrogen) atoms. The van der Waals surface area contributed by atoms with Gasteiger partial charge in [-0.1, -0.05) is 11.6 Å². The highest BCUT2D eigenvalue weighted by atomic mass is 35.5. The Kier molecular flexibility index (Phi) is 4.09. The molecule has 3 aromatic heterocycles. The maximum atomic E-state index is 14.3. The Balaban J connectivity index is 1.53. The second kappa shape index (κ2) is 6.61. The average Bonchev–Trinajstić information content (AvgIpc) is 3.19. The molecule has 0 aliphatic carbocycles. The number of fused-ring (bicyclic) bond motifs is 2. The molecule has 0 spiro atoms. The Morgan fingerprint density at radius 3 is 3.11 bits per heavy atom. The van der Waals surface area contributed by atoms with Crippen LogP contribution < -0.4 is 10.1 Å². The lowest BCUT2D eigenvalue weighted by Gasteiger charge is -2.26. The van der Waals surface area contributed by atoms with Crippen molar-refractivity contribution in [2.45, 2.75) is 31.6 Å². The molecule has 2 bridgehead atoms. The number of aryl methyl sites for hydroxylation is 1. The van der Waals surface area contributed by atoms with Crippen LogP contribution in [0, 0.1) is 0 Å². The molecule has 2 atom stereocenters. The first-order chi connectivity index (χ1) is 13.2. The molecule has 0 unspecified atom stereocenters. The molecule has 5 rings (SSSR count). The van der Waals surface area contributed by atoms with Gasteiger partial charge >= 0.3 is 0 Å². The SMILES string of the molecule is F[C@H]1CCOC[C@@H]1n1cc2c(n1)OCCCn1nc(Cl)c3cnc(nc31)N2. The number of alkyl halides is 1. The molecule has 9 nitrogen and oxygen atoms in total. The molecule has 0 aromatic carbocycles. The number of nitrogens with zero attached hydrogens (tertiary/aromatic N) is 6. The van der Waals surface area contributed by atoms with Gasteiger partial charge in [0.2, 0.25) is 5.95 Å². The van der Waals surface area contributed by atoms with Crippen LogP contribution in [0.5, 0.6) is 5.88 Å². The molecule has 1 N–H and O–H groups in total. The Labute approximate surface area is 158 Å². The van der Waals surface area contributed by atoms with Gasteiger partial charge in [-0.15, -0.1) is 5.10 Å². The summed E-state index contributed by atoms with van der Waals surface area (Å²) >= 11 is 6.16. The summed E-state index contributed by atoms with van der Waals surface area (Å²) in [4.78, 5) is 8.81. The molecular weight excluding hydrogens is 377 g/mol. The van der Waals surface area contributed by atoms with Crippen LogP contribution in [0.2, 0.25) is 5.15 Å². The highest BCUT2D eigenvalue weighted by Gasteiger charge is 2.29. The lowest BCUT2D eigenvalue weighted by atomic mass is 10.1. The predicted molar refractivity (Wildman–Crippen MR) is 95.3 cm³/mol. The fourth-order valence-corrected chi connectivity index (χ4v) is 3.54. The van der Waals surface area contributed by atoms with E-state index in [0.29, 0.717) is 66.3 Å². The van der Waals surface area contributed by atoms with Gasteiger partial charge in [-0.3, -0.25) is 4.68 Å². The van der Waals surface area contributed by atoms with E-state index in [1.807, 2.05) is 0 Å². The molecule has 3 aromatic rings. The first kappa shape index (κ1) is 16.7. The minimum absolute atomic E-state index is 0.280. The Bertz CT molecular complexity index is 991. The summed E-state index contributed by atoms with van der Waals surface area (Å²) in [6, 6.07) is -0.479. The first-order valence-corrected chi connectivity index (χ1v) is 9.16. The van der Waals surface area contributed by atoms with E-state index < -0.39 is 12.2 Å². The molecular formula is C16H17ClFN7O2. The van der Waals surface area contributed by atoms with E-state index in [0.717, 1.165) is 0 Å². The van der Waals surface area contributed by atoms with Crippen molar-refractivity contribution in [3.05, 3.63) is 17.5 Å². The van der Waals surface area contributed by atoms with E-state index in [2.05, 4.69) is 25.5 Å². The van der Waals surface area contributed by atoms with Gasteiger partial charge in [0.25, 0.3) is 5.88 Å². The summed E-state index contributed by atoms with van der Waals surface area (Å²) in [5.74, 6) is 0.748. The number of anilines is 2. The van der Waals surface area contributed by atoms with Crippen LogP contribution in [0.1, 0.15) is 18.9 Å². The Morgan fingerprint density at radius 1 is 1.30 bits per heavy atom. The standard InChI is InChI=1S/C16H17ClFN7O2/c17-13-9-6-19-16-20-11-7-25(12-8-26-5-2-10(12)18)23-15(11)27-4-1-3-24(22-13)14(9)21-16/h6-7,10,12H,1-5,8H2,(H,19,20,21)/t10-,12-/m0/s1. The van der Waals surface area contributed by atoms with Gasteiger partial charge in [-0.05, 0) is 0 Å². The topological polar surface area (TPSA) is 91.9 Å². The highest BCUT2D eigenvalue weighted by Crippen LogP contribution is 2.31. The maximum Gasteiger partial charge on any atom is 0.256 e. The third-order valence-corrected chi connectivity index (χ3v) is 5.00. The molecule has 0 amide bonds. The van der Waals surface area contributed by atoms with E-state index in [4.69, 9.17) is 21.1 Å². The number of hydrogen-bond donors (Lipinski definition) is 1. The number of halogens is 2. The smallest absolute Gasteiger partial charge is 0.256 e. The van der Waals surface area contributed by atoms with Crippen LogP contribution in [0.15, 0.2) is 12.4 Å². The minimum atomic E-state index is -1.01. The van der Waals surface area contributed by atoms with Gasteiger partial charge in [0.05, 0.1) is 24.8 Å². The lowest BCUT2D eigenvalue weighted by Crippen LogP contribution is -2.31. The van der Waals surface area contributed by atoms with Crippen molar-refractivity contribution in [3.63, 3.8) is 0 Å². The van der Waals surface area contributed by atoms with Crippen molar-refractivity contribution in [3.8, 4) is 5.88 Å². The normalized spacial score (nSPS) is 22.7. The Hall–Kier alpha value is -2.46. The summed E-state index contributed by atoms with van der Waals surface area (Å²) in [5, 5.41) is 12.9. The Morgan fingerprint density at radius 2 is 2.22 bits per heavy atom. The van der Waals surface area contributed by atoms with Crippen molar-refractivity contribution in [1.29, 1.82) is 0 Å². The monoisotopic (exact) mass is 393 g/mol.